The van der Waals surface area contributed by atoms with Gasteiger partial charge in [-0.1, -0.05) is 54.6 Å². The van der Waals surface area contributed by atoms with Gasteiger partial charge in [0.15, 0.2) is 0 Å². The number of rotatable bonds is 4. The molecular formula is C16H16S. The van der Waals surface area contributed by atoms with Crippen LogP contribution in [-0.2, 0) is 5.75 Å². The van der Waals surface area contributed by atoms with Crippen LogP contribution in [0.3, 0.4) is 0 Å². The van der Waals surface area contributed by atoms with Crippen LogP contribution in [0.5, 0.6) is 0 Å². The van der Waals surface area contributed by atoms with Crippen molar-refractivity contribution >= 4 is 17.8 Å². The van der Waals surface area contributed by atoms with E-state index in [2.05, 4.69) is 62.0 Å². The van der Waals surface area contributed by atoms with Gasteiger partial charge in [0.05, 0.1) is 0 Å². The van der Waals surface area contributed by atoms with Gasteiger partial charge in [-0.25, -0.2) is 0 Å². The van der Waals surface area contributed by atoms with Crippen LogP contribution in [0, 0.1) is 6.92 Å². The number of thioether (sulfide) groups is 1. The molecule has 2 aromatic carbocycles. The Morgan fingerprint density at radius 2 is 1.88 bits per heavy atom. The summed E-state index contributed by atoms with van der Waals surface area (Å²) in [6, 6.07) is 17.2. The second-order valence-corrected chi connectivity index (χ2v) is 5.10. The summed E-state index contributed by atoms with van der Waals surface area (Å²) in [6.07, 6.45) is 1.87. The van der Waals surface area contributed by atoms with Crippen LogP contribution >= 0.6 is 11.8 Å². The van der Waals surface area contributed by atoms with Gasteiger partial charge in [0.25, 0.3) is 0 Å². The van der Waals surface area contributed by atoms with Crippen LogP contribution in [-0.4, -0.2) is 0 Å². The molecule has 0 N–H and O–H groups in total. The van der Waals surface area contributed by atoms with Gasteiger partial charge in [-0.15, -0.1) is 11.8 Å². The molecule has 0 heterocycles. The zero-order valence-corrected chi connectivity index (χ0v) is 10.8. The zero-order valence-electron chi connectivity index (χ0n) is 10.0. The number of hydrogen-bond donors (Lipinski definition) is 0. The molecule has 0 spiro atoms. The van der Waals surface area contributed by atoms with Crippen molar-refractivity contribution in [2.75, 3.05) is 0 Å². The number of aryl methyl sites for hydroxylation is 1. The summed E-state index contributed by atoms with van der Waals surface area (Å²) in [5.41, 5.74) is 3.84. The van der Waals surface area contributed by atoms with E-state index in [0.29, 0.717) is 0 Å². The smallest absolute Gasteiger partial charge is 0.0232 e. The fraction of sp³-hybridized carbons (Fsp3) is 0.125. The van der Waals surface area contributed by atoms with Crippen LogP contribution in [0.4, 0.5) is 0 Å². The molecule has 0 radical (unpaired) electrons. The Bertz CT molecular complexity index is 497. The number of benzene rings is 2. The van der Waals surface area contributed by atoms with Gasteiger partial charge < -0.3 is 0 Å². The molecule has 0 aliphatic rings. The first-order valence-electron chi connectivity index (χ1n) is 5.69. The fourth-order valence-electron chi connectivity index (χ4n) is 1.62. The zero-order chi connectivity index (χ0) is 12.1. The molecule has 0 aromatic heterocycles. The second kappa shape index (κ2) is 5.74. The highest BCUT2D eigenvalue weighted by atomic mass is 32.2. The monoisotopic (exact) mass is 240 g/mol. The molecule has 0 aliphatic heterocycles. The lowest BCUT2D eigenvalue weighted by molar-refractivity contribution is 1.34. The lowest BCUT2D eigenvalue weighted by Crippen LogP contribution is -1.81. The van der Waals surface area contributed by atoms with Crippen molar-refractivity contribution in [1.82, 2.24) is 0 Å². The molecule has 0 atom stereocenters. The fourth-order valence-corrected chi connectivity index (χ4v) is 2.59. The van der Waals surface area contributed by atoms with Crippen molar-refractivity contribution in [2.24, 2.45) is 0 Å². The van der Waals surface area contributed by atoms with E-state index in [-0.39, 0.29) is 0 Å². The molecule has 0 saturated carbocycles. The van der Waals surface area contributed by atoms with Gasteiger partial charge in [0.2, 0.25) is 0 Å². The average molecular weight is 240 g/mol. The van der Waals surface area contributed by atoms with Gasteiger partial charge in [-0.05, 0) is 30.2 Å². The standard InChI is InChI=1S/C16H16S/c1-3-14-7-9-15(10-8-14)12-17-16-6-4-5-13(2)11-16/h3-11H,1,12H2,2H3. The first-order valence-corrected chi connectivity index (χ1v) is 6.67. The molecule has 0 unspecified atom stereocenters. The molecule has 0 nitrogen and oxygen atoms in total. The third kappa shape index (κ3) is 3.50. The van der Waals surface area contributed by atoms with Crippen molar-refractivity contribution in [3.8, 4) is 0 Å². The Morgan fingerprint density at radius 1 is 1.12 bits per heavy atom. The molecule has 2 aromatic rings. The Hall–Kier alpha value is -1.47. The predicted octanol–water partition coefficient (Wildman–Crippen LogP) is 4.93. The Balaban J connectivity index is 1.99. The topological polar surface area (TPSA) is 0 Å². The molecule has 2 rings (SSSR count). The summed E-state index contributed by atoms with van der Waals surface area (Å²) in [6.45, 7) is 5.89. The lowest BCUT2D eigenvalue weighted by atomic mass is 10.1. The first kappa shape index (κ1) is 12.0. The van der Waals surface area contributed by atoms with Crippen LogP contribution in [0.2, 0.25) is 0 Å². The summed E-state index contributed by atoms with van der Waals surface area (Å²) in [7, 11) is 0. The van der Waals surface area contributed by atoms with Crippen molar-refractivity contribution in [1.29, 1.82) is 0 Å². The highest BCUT2D eigenvalue weighted by Crippen LogP contribution is 2.23. The maximum Gasteiger partial charge on any atom is 0.0232 e. The van der Waals surface area contributed by atoms with Gasteiger partial charge in [-0.3, -0.25) is 0 Å². The van der Waals surface area contributed by atoms with E-state index in [1.165, 1.54) is 21.6 Å². The van der Waals surface area contributed by atoms with E-state index in [9.17, 15) is 0 Å². The molecule has 0 aliphatic carbocycles. The summed E-state index contributed by atoms with van der Waals surface area (Å²) < 4.78 is 0. The lowest BCUT2D eigenvalue weighted by Gasteiger charge is -2.03. The minimum atomic E-state index is 1.01. The van der Waals surface area contributed by atoms with E-state index >= 15 is 0 Å². The van der Waals surface area contributed by atoms with Crippen LogP contribution < -0.4 is 0 Å². The summed E-state index contributed by atoms with van der Waals surface area (Å²) >= 11 is 1.88. The van der Waals surface area contributed by atoms with Crippen molar-refractivity contribution < 1.29 is 0 Å². The molecule has 1 heteroatoms. The van der Waals surface area contributed by atoms with Crippen molar-refractivity contribution in [2.45, 2.75) is 17.6 Å². The molecule has 86 valence electrons. The Kier molecular flexibility index (Phi) is 4.05. The molecule has 0 bridgehead atoms. The molecular weight excluding hydrogens is 224 g/mol. The maximum absolute atomic E-state index is 3.76. The van der Waals surface area contributed by atoms with Gasteiger partial charge in [0.1, 0.15) is 0 Å². The molecule has 0 fully saturated rings. The number of hydrogen-bond acceptors (Lipinski definition) is 1. The summed E-state index contributed by atoms with van der Waals surface area (Å²) in [5, 5.41) is 0. The van der Waals surface area contributed by atoms with E-state index in [0.717, 1.165) is 5.75 Å². The quantitative estimate of drug-likeness (QED) is 0.683. The average Bonchev–Trinajstić information content (AvgIpc) is 2.37. The van der Waals surface area contributed by atoms with Gasteiger partial charge >= 0.3 is 0 Å². The normalized spacial score (nSPS) is 10.2. The maximum atomic E-state index is 3.76. The predicted molar refractivity (Wildman–Crippen MR) is 77.3 cm³/mol. The third-order valence-corrected chi connectivity index (χ3v) is 3.68. The Morgan fingerprint density at radius 3 is 2.53 bits per heavy atom. The minimum absolute atomic E-state index is 1.01. The van der Waals surface area contributed by atoms with E-state index in [1.807, 2.05) is 17.8 Å². The SMILES string of the molecule is C=Cc1ccc(CSc2cccc(C)c2)cc1. The van der Waals surface area contributed by atoms with Crippen LogP contribution in [0.15, 0.2) is 60.0 Å². The third-order valence-electron chi connectivity index (χ3n) is 2.61. The van der Waals surface area contributed by atoms with Gasteiger partial charge in [-0.2, -0.15) is 0 Å². The second-order valence-electron chi connectivity index (χ2n) is 4.05. The highest BCUT2D eigenvalue weighted by Gasteiger charge is 1.96. The molecule has 0 amide bonds. The van der Waals surface area contributed by atoms with E-state index in [4.69, 9.17) is 0 Å². The first-order chi connectivity index (χ1) is 8.28. The van der Waals surface area contributed by atoms with Crippen LogP contribution in [0.1, 0.15) is 16.7 Å². The molecule has 0 saturated heterocycles. The van der Waals surface area contributed by atoms with E-state index in [1.54, 1.807) is 0 Å². The minimum Gasteiger partial charge on any atom is -0.121 e. The molecule has 17 heavy (non-hydrogen) atoms. The van der Waals surface area contributed by atoms with Crippen LogP contribution in [0.25, 0.3) is 6.08 Å². The summed E-state index contributed by atoms with van der Waals surface area (Å²) in [5.74, 6) is 1.01. The van der Waals surface area contributed by atoms with Crippen molar-refractivity contribution in [3.63, 3.8) is 0 Å². The summed E-state index contributed by atoms with van der Waals surface area (Å²) in [4.78, 5) is 1.33. The largest absolute Gasteiger partial charge is 0.121 e. The van der Waals surface area contributed by atoms with Gasteiger partial charge in [0, 0.05) is 10.6 Å². The highest BCUT2D eigenvalue weighted by molar-refractivity contribution is 7.98. The van der Waals surface area contributed by atoms with E-state index < -0.39 is 0 Å². The van der Waals surface area contributed by atoms with Crippen molar-refractivity contribution in [3.05, 3.63) is 71.8 Å². The Labute approximate surface area is 107 Å².